The summed E-state index contributed by atoms with van der Waals surface area (Å²) in [5.74, 6) is -0.351. The molecule has 0 radical (unpaired) electrons. The van der Waals surface area contributed by atoms with Crippen molar-refractivity contribution in [1.29, 1.82) is 0 Å². The van der Waals surface area contributed by atoms with Gasteiger partial charge >= 0.3 is 0 Å². The molecule has 0 saturated carbocycles. The zero-order chi connectivity index (χ0) is 14.0. The van der Waals surface area contributed by atoms with Crippen LogP contribution in [0.4, 0.5) is 10.1 Å². The van der Waals surface area contributed by atoms with Gasteiger partial charge in [-0.3, -0.25) is 0 Å². The number of nitrogens with one attached hydrogen (secondary N) is 1. The van der Waals surface area contributed by atoms with Gasteiger partial charge < -0.3 is 5.32 Å². The fourth-order valence-electron chi connectivity index (χ4n) is 1.82. The lowest BCUT2D eigenvalue weighted by Crippen LogP contribution is -2.08. The van der Waals surface area contributed by atoms with Crippen LogP contribution in [0.1, 0.15) is 24.1 Å². The zero-order valence-corrected chi connectivity index (χ0v) is 12.1. The minimum Gasteiger partial charge on any atom is -0.376 e. The van der Waals surface area contributed by atoms with Crippen molar-refractivity contribution in [3.05, 3.63) is 57.6 Å². The number of nitrogens with zero attached hydrogens (tertiary/aromatic N) is 1. The molecule has 0 fully saturated rings. The van der Waals surface area contributed by atoms with Gasteiger partial charge in [0.1, 0.15) is 5.82 Å². The van der Waals surface area contributed by atoms with E-state index >= 15 is 0 Å². The number of halogens is 3. The fraction of sp³-hybridized carbons (Fsp3) is 0.214. The van der Waals surface area contributed by atoms with Crippen LogP contribution in [-0.2, 0) is 0 Å². The van der Waals surface area contributed by atoms with Crippen LogP contribution in [0.25, 0.3) is 0 Å². The number of hydrogen-bond acceptors (Lipinski definition) is 2. The number of hydrogen-bond donors (Lipinski definition) is 1. The molecule has 2 nitrogen and oxygen atoms in total. The Balaban J connectivity index is 2.25. The number of rotatable bonds is 3. The molecule has 100 valence electrons. The molecule has 0 aliphatic carbocycles. The van der Waals surface area contributed by atoms with Crippen molar-refractivity contribution in [2.45, 2.75) is 19.9 Å². The maximum Gasteiger partial charge on any atom is 0.152 e. The minimum atomic E-state index is -0.351. The Bertz CT molecular complexity index is 602. The van der Waals surface area contributed by atoms with Crippen LogP contribution in [0, 0.1) is 12.7 Å². The second-order valence-electron chi connectivity index (χ2n) is 4.38. The van der Waals surface area contributed by atoms with E-state index in [0.717, 1.165) is 16.8 Å². The summed E-state index contributed by atoms with van der Waals surface area (Å²) in [6.07, 6.45) is 1.70. The van der Waals surface area contributed by atoms with Gasteiger partial charge in [0.05, 0.1) is 11.7 Å². The van der Waals surface area contributed by atoms with Gasteiger partial charge in [0.25, 0.3) is 0 Å². The Morgan fingerprint density at radius 3 is 2.68 bits per heavy atom. The number of pyridine rings is 1. The first kappa shape index (κ1) is 14.1. The summed E-state index contributed by atoms with van der Waals surface area (Å²) in [6, 6.07) is 6.14. The molecule has 0 aliphatic heterocycles. The van der Waals surface area contributed by atoms with Gasteiger partial charge in [-0.1, -0.05) is 29.3 Å². The van der Waals surface area contributed by atoms with Gasteiger partial charge in [0.2, 0.25) is 0 Å². The molecular weight excluding hydrogens is 286 g/mol. The Morgan fingerprint density at radius 2 is 2.00 bits per heavy atom. The van der Waals surface area contributed by atoms with Crippen molar-refractivity contribution < 1.29 is 4.39 Å². The van der Waals surface area contributed by atoms with Crippen molar-refractivity contribution in [3.8, 4) is 0 Å². The van der Waals surface area contributed by atoms with E-state index in [4.69, 9.17) is 23.2 Å². The van der Waals surface area contributed by atoms with E-state index in [2.05, 4.69) is 10.3 Å². The van der Waals surface area contributed by atoms with Crippen molar-refractivity contribution >= 4 is 28.9 Å². The van der Waals surface area contributed by atoms with Gasteiger partial charge in [-0.15, -0.1) is 0 Å². The van der Waals surface area contributed by atoms with E-state index in [1.54, 1.807) is 12.3 Å². The standard InChI is InChI=1S/C14H13Cl2FN2/c1-8-5-13(14(16)18-7-8)19-9(2)11-4-3-10(17)6-12(11)15/h3-7,9,19H,1-2H3. The Morgan fingerprint density at radius 1 is 1.26 bits per heavy atom. The van der Waals surface area contributed by atoms with E-state index in [9.17, 15) is 4.39 Å². The molecule has 1 N–H and O–H groups in total. The van der Waals surface area contributed by atoms with Crippen molar-refractivity contribution in [2.75, 3.05) is 5.32 Å². The van der Waals surface area contributed by atoms with Crippen LogP contribution in [0.5, 0.6) is 0 Å². The van der Waals surface area contributed by atoms with Gasteiger partial charge in [0.15, 0.2) is 5.15 Å². The number of benzene rings is 1. The average Bonchev–Trinajstić information content (AvgIpc) is 2.33. The highest BCUT2D eigenvalue weighted by molar-refractivity contribution is 6.32. The van der Waals surface area contributed by atoms with Crippen LogP contribution in [-0.4, -0.2) is 4.98 Å². The summed E-state index contributed by atoms with van der Waals surface area (Å²) < 4.78 is 13.0. The van der Waals surface area contributed by atoms with E-state index < -0.39 is 0 Å². The van der Waals surface area contributed by atoms with Gasteiger partial charge in [-0.05, 0) is 43.2 Å². The van der Waals surface area contributed by atoms with Crippen LogP contribution in [0.3, 0.4) is 0 Å². The SMILES string of the molecule is Cc1cnc(Cl)c(NC(C)c2ccc(F)cc2Cl)c1. The molecule has 2 aromatic rings. The Kier molecular flexibility index (Phi) is 4.27. The molecule has 0 amide bonds. The smallest absolute Gasteiger partial charge is 0.152 e. The summed E-state index contributed by atoms with van der Waals surface area (Å²) in [5.41, 5.74) is 2.54. The van der Waals surface area contributed by atoms with Gasteiger partial charge in [-0.2, -0.15) is 0 Å². The first-order valence-corrected chi connectivity index (χ1v) is 6.56. The third-order valence-corrected chi connectivity index (χ3v) is 3.41. The number of aromatic nitrogens is 1. The maximum atomic E-state index is 13.0. The Hall–Kier alpha value is -1.32. The lowest BCUT2D eigenvalue weighted by Gasteiger charge is -2.18. The fourth-order valence-corrected chi connectivity index (χ4v) is 2.31. The lowest BCUT2D eigenvalue weighted by molar-refractivity contribution is 0.626. The molecule has 0 bridgehead atoms. The third kappa shape index (κ3) is 3.37. The van der Waals surface area contributed by atoms with Crippen molar-refractivity contribution in [1.82, 2.24) is 4.98 Å². The van der Waals surface area contributed by atoms with E-state index in [0.29, 0.717) is 10.2 Å². The first-order chi connectivity index (χ1) is 8.97. The topological polar surface area (TPSA) is 24.9 Å². The van der Waals surface area contributed by atoms with E-state index in [-0.39, 0.29) is 11.9 Å². The van der Waals surface area contributed by atoms with Gasteiger partial charge in [-0.25, -0.2) is 9.37 Å². The van der Waals surface area contributed by atoms with Gasteiger partial charge in [0, 0.05) is 11.2 Å². The molecule has 0 saturated heterocycles. The monoisotopic (exact) mass is 298 g/mol. The summed E-state index contributed by atoms with van der Waals surface area (Å²) >= 11 is 12.1. The molecule has 2 rings (SSSR count). The molecule has 1 atom stereocenters. The van der Waals surface area contributed by atoms with Crippen LogP contribution < -0.4 is 5.32 Å². The molecule has 1 unspecified atom stereocenters. The largest absolute Gasteiger partial charge is 0.376 e. The molecule has 5 heteroatoms. The number of aryl methyl sites for hydroxylation is 1. The normalized spacial score (nSPS) is 12.3. The predicted octanol–water partition coefficient (Wildman–Crippen LogP) is 5.01. The van der Waals surface area contributed by atoms with Crippen LogP contribution >= 0.6 is 23.2 Å². The highest BCUT2D eigenvalue weighted by Gasteiger charge is 2.12. The van der Waals surface area contributed by atoms with Crippen molar-refractivity contribution in [3.63, 3.8) is 0 Å². The summed E-state index contributed by atoms with van der Waals surface area (Å²) in [5, 5.41) is 4.01. The second-order valence-corrected chi connectivity index (χ2v) is 5.15. The molecule has 1 heterocycles. The quantitative estimate of drug-likeness (QED) is 0.806. The summed E-state index contributed by atoms with van der Waals surface area (Å²) in [4.78, 5) is 4.07. The van der Waals surface area contributed by atoms with Crippen LogP contribution in [0.2, 0.25) is 10.2 Å². The maximum absolute atomic E-state index is 13.0. The van der Waals surface area contributed by atoms with Crippen molar-refractivity contribution in [2.24, 2.45) is 0 Å². The lowest BCUT2D eigenvalue weighted by atomic mass is 10.1. The molecule has 1 aromatic heterocycles. The molecule has 0 aliphatic rings. The van der Waals surface area contributed by atoms with E-state index in [1.165, 1.54) is 12.1 Å². The predicted molar refractivity (Wildman–Crippen MR) is 77.4 cm³/mol. The molecule has 1 aromatic carbocycles. The van der Waals surface area contributed by atoms with Crippen LogP contribution in [0.15, 0.2) is 30.5 Å². The minimum absolute atomic E-state index is 0.103. The Labute approximate surface area is 121 Å². The molecular formula is C14H13Cl2FN2. The first-order valence-electron chi connectivity index (χ1n) is 5.81. The summed E-state index contributed by atoms with van der Waals surface area (Å²) in [6.45, 7) is 3.86. The highest BCUT2D eigenvalue weighted by atomic mass is 35.5. The third-order valence-electron chi connectivity index (χ3n) is 2.78. The number of anilines is 1. The van der Waals surface area contributed by atoms with E-state index in [1.807, 2.05) is 19.9 Å². The zero-order valence-electron chi connectivity index (χ0n) is 10.5. The molecule has 0 spiro atoms. The highest BCUT2D eigenvalue weighted by Crippen LogP contribution is 2.29. The summed E-state index contributed by atoms with van der Waals surface area (Å²) in [7, 11) is 0. The molecule has 19 heavy (non-hydrogen) atoms. The average molecular weight is 299 g/mol. The second kappa shape index (κ2) is 5.76.